The maximum atomic E-state index is 12.4. The predicted molar refractivity (Wildman–Crippen MR) is 140 cm³/mol. The molecule has 0 saturated carbocycles. The number of anilines is 1. The monoisotopic (exact) mass is 501 g/mol. The van der Waals surface area contributed by atoms with E-state index in [2.05, 4.69) is 5.32 Å². The first-order valence-corrected chi connectivity index (χ1v) is 11.4. The van der Waals surface area contributed by atoms with E-state index in [4.69, 9.17) is 32.0 Å². The summed E-state index contributed by atoms with van der Waals surface area (Å²) in [6, 6.07) is 24.8. The highest BCUT2D eigenvalue weighted by atomic mass is 35.5. The Morgan fingerprint density at radius 1 is 0.800 bits per heavy atom. The molecule has 0 saturated heterocycles. The standard InChI is InChI=1S/C28H17Cl2NO4/c29-20-13-19(14-21(30)16-20)26-11-9-23(34-26)10-12-27(32)31-22-7-5-17(6-8-22)24-15-18-3-1-2-4-25(18)35-28(24)33/h1-16H,(H,31,32)/b12-10+. The molecule has 35 heavy (non-hydrogen) atoms. The predicted octanol–water partition coefficient (Wildman–Crippen LogP) is 7.68. The van der Waals surface area contributed by atoms with Gasteiger partial charge in [-0.1, -0.05) is 53.5 Å². The number of furan rings is 1. The molecule has 2 heterocycles. The number of hydrogen-bond acceptors (Lipinski definition) is 4. The minimum atomic E-state index is -0.415. The van der Waals surface area contributed by atoms with Crippen molar-refractivity contribution < 1.29 is 13.6 Å². The van der Waals surface area contributed by atoms with Gasteiger partial charge in [0.25, 0.3) is 0 Å². The van der Waals surface area contributed by atoms with Crippen molar-refractivity contribution >= 4 is 51.8 Å². The number of rotatable bonds is 5. The SMILES string of the molecule is O=C(/C=C/c1ccc(-c2cc(Cl)cc(Cl)c2)o1)Nc1ccc(-c2cc3ccccc3oc2=O)cc1. The Morgan fingerprint density at radius 3 is 2.31 bits per heavy atom. The third-order valence-electron chi connectivity index (χ3n) is 5.28. The summed E-state index contributed by atoms with van der Waals surface area (Å²) in [5.41, 5.74) is 2.60. The number of halogens is 2. The number of fused-ring (bicyclic) bond motifs is 1. The molecule has 0 atom stereocenters. The molecule has 0 fully saturated rings. The molecule has 0 spiro atoms. The lowest BCUT2D eigenvalue weighted by Gasteiger charge is -2.05. The van der Waals surface area contributed by atoms with E-state index in [0.29, 0.717) is 44.0 Å². The summed E-state index contributed by atoms with van der Waals surface area (Å²) in [5.74, 6) is 0.763. The number of benzene rings is 3. The van der Waals surface area contributed by atoms with Crippen LogP contribution in [-0.2, 0) is 4.79 Å². The molecule has 0 aliphatic heterocycles. The lowest BCUT2D eigenvalue weighted by molar-refractivity contribution is -0.111. The van der Waals surface area contributed by atoms with Crippen molar-refractivity contribution in [1.82, 2.24) is 0 Å². The Kier molecular flexibility index (Phi) is 6.27. The van der Waals surface area contributed by atoms with Crippen LogP contribution in [0.3, 0.4) is 0 Å². The lowest BCUT2D eigenvalue weighted by Crippen LogP contribution is -2.07. The van der Waals surface area contributed by atoms with Crippen molar-refractivity contribution in [3.8, 4) is 22.5 Å². The summed E-state index contributed by atoms with van der Waals surface area (Å²) < 4.78 is 11.2. The first kappa shape index (κ1) is 22.7. The van der Waals surface area contributed by atoms with Crippen LogP contribution in [0.2, 0.25) is 10.0 Å². The van der Waals surface area contributed by atoms with Crippen LogP contribution >= 0.6 is 23.2 Å². The van der Waals surface area contributed by atoms with E-state index in [9.17, 15) is 9.59 Å². The molecular weight excluding hydrogens is 485 g/mol. The van der Waals surface area contributed by atoms with E-state index in [1.165, 1.54) is 6.08 Å². The van der Waals surface area contributed by atoms with Gasteiger partial charge in [0, 0.05) is 32.8 Å². The van der Waals surface area contributed by atoms with Crippen LogP contribution in [0.25, 0.3) is 39.5 Å². The van der Waals surface area contributed by atoms with Gasteiger partial charge >= 0.3 is 5.63 Å². The highest BCUT2D eigenvalue weighted by molar-refractivity contribution is 6.35. The van der Waals surface area contributed by atoms with E-state index >= 15 is 0 Å². The zero-order valence-corrected chi connectivity index (χ0v) is 19.6. The smallest absolute Gasteiger partial charge is 0.344 e. The third-order valence-corrected chi connectivity index (χ3v) is 5.71. The molecule has 5 nitrogen and oxygen atoms in total. The molecule has 0 aliphatic carbocycles. The lowest BCUT2D eigenvalue weighted by atomic mass is 10.1. The van der Waals surface area contributed by atoms with Gasteiger partial charge in [-0.3, -0.25) is 4.79 Å². The summed E-state index contributed by atoms with van der Waals surface area (Å²) in [6.07, 6.45) is 2.94. The summed E-state index contributed by atoms with van der Waals surface area (Å²) >= 11 is 12.1. The van der Waals surface area contributed by atoms with Gasteiger partial charge in [0.05, 0.1) is 5.56 Å². The quantitative estimate of drug-likeness (QED) is 0.198. The van der Waals surface area contributed by atoms with Crippen LogP contribution in [0, 0.1) is 0 Å². The third kappa shape index (κ3) is 5.22. The molecule has 5 rings (SSSR count). The molecule has 0 bridgehead atoms. The molecule has 2 aromatic heterocycles. The molecule has 7 heteroatoms. The van der Waals surface area contributed by atoms with Crippen molar-refractivity contribution in [1.29, 1.82) is 0 Å². The Balaban J connectivity index is 1.27. The zero-order chi connectivity index (χ0) is 24.4. The van der Waals surface area contributed by atoms with Crippen LogP contribution in [0.15, 0.2) is 105 Å². The zero-order valence-electron chi connectivity index (χ0n) is 18.1. The molecule has 172 valence electrons. The molecule has 1 N–H and O–H groups in total. The van der Waals surface area contributed by atoms with Crippen molar-refractivity contribution in [3.05, 3.63) is 117 Å². The Bertz CT molecular complexity index is 1610. The van der Waals surface area contributed by atoms with E-state index in [0.717, 1.165) is 10.9 Å². The molecule has 3 aromatic carbocycles. The number of para-hydroxylation sites is 1. The highest BCUT2D eigenvalue weighted by Crippen LogP contribution is 2.29. The fourth-order valence-electron chi connectivity index (χ4n) is 3.63. The average Bonchev–Trinajstić information content (AvgIpc) is 3.32. The van der Waals surface area contributed by atoms with Gasteiger partial charge in [-0.2, -0.15) is 0 Å². The van der Waals surface area contributed by atoms with E-state index in [1.54, 1.807) is 72.8 Å². The average molecular weight is 502 g/mol. The molecule has 0 radical (unpaired) electrons. The van der Waals surface area contributed by atoms with Gasteiger partial charge in [-0.25, -0.2) is 4.79 Å². The molecule has 0 aliphatic rings. The fraction of sp³-hybridized carbons (Fsp3) is 0. The second kappa shape index (κ2) is 9.66. The summed E-state index contributed by atoms with van der Waals surface area (Å²) in [4.78, 5) is 24.7. The first-order chi connectivity index (χ1) is 16.9. The van der Waals surface area contributed by atoms with Crippen molar-refractivity contribution in [2.24, 2.45) is 0 Å². The van der Waals surface area contributed by atoms with Crippen LogP contribution < -0.4 is 10.9 Å². The Hall–Kier alpha value is -4.06. The Labute approximate surface area is 210 Å². The largest absolute Gasteiger partial charge is 0.457 e. The summed E-state index contributed by atoms with van der Waals surface area (Å²) in [7, 11) is 0. The maximum Gasteiger partial charge on any atom is 0.344 e. The number of amides is 1. The van der Waals surface area contributed by atoms with Gasteiger partial charge in [0.1, 0.15) is 17.1 Å². The Morgan fingerprint density at radius 2 is 1.54 bits per heavy atom. The van der Waals surface area contributed by atoms with Gasteiger partial charge in [-0.05, 0) is 66.2 Å². The van der Waals surface area contributed by atoms with Crippen molar-refractivity contribution in [2.45, 2.75) is 0 Å². The van der Waals surface area contributed by atoms with Crippen LogP contribution in [0.1, 0.15) is 5.76 Å². The fourth-order valence-corrected chi connectivity index (χ4v) is 4.16. The van der Waals surface area contributed by atoms with Crippen molar-refractivity contribution in [2.75, 3.05) is 5.32 Å². The van der Waals surface area contributed by atoms with Gasteiger partial charge in [0.15, 0.2) is 0 Å². The summed E-state index contributed by atoms with van der Waals surface area (Å²) in [6.45, 7) is 0. The topological polar surface area (TPSA) is 72.5 Å². The van der Waals surface area contributed by atoms with Gasteiger partial charge < -0.3 is 14.2 Å². The van der Waals surface area contributed by atoms with E-state index < -0.39 is 5.63 Å². The van der Waals surface area contributed by atoms with Crippen molar-refractivity contribution in [3.63, 3.8) is 0 Å². The summed E-state index contributed by atoms with van der Waals surface area (Å²) in [5, 5.41) is 4.64. The molecule has 1 amide bonds. The second-order valence-corrected chi connectivity index (χ2v) is 8.62. The van der Waals surface area contributed by atoms with Gasteiger partial charge in [0.2, 0.25) is 5.91 Å². The number of carbonyl (C=O) groups excluding carboxylic acids is 1. The molecular formula is C28H17Cl2NO4. The number of nitrogens with one attached hydrogen (secondary N) is 1. The number of carbonyl (C=O) groups is 1. The second-order valence-electron chi connectivity index (χ2n) is 7.75. The molecule has 5 aromatic rings. The van der Waals surface area contributed by atoms with Crippen LogP contribution in [-0.4, -0.2) is 5.91 Å². The normalized spacial score (nSPS) is 11.3. The maximum absolute atomic E-state index is 12.4. The molecule has 0 unspecified atom stereocenters. The van der Waals surface area contributed by atoms with Gasteiger partial charge in [-0.15, -0.1) is 0 Å². The van der Waals surface area contributed by atoms with E-state index in [1.807, 2.05) is 18.2 Å². The van der Waals surface area contributed by atoms with Crippen LogP contribution in [0.5, 0.6) is 0 Å². The minimum absolute atomic E-state index is 0.327. The van der Waals surface area contributed by atoms with E-state index in [-0.39, 0.29) is 5.91 Å². The van der Waals surface area contributed by atoms with Crippen LogP contribution in [0.4, 0.5) is 5.69 Å². The first-order valence-electron chi connectivity index (χ1n) is 10.6. The minimum Gasteiger partial charge on any atom is -0.457 e. The number of hydrogen-bond donors (Lipinski definition) is 1. The highest BCUT2D eigenvalue weighted by Gasteiger charge is 2.09.